The number of rotatable bonds is 6. The van der Waals surface area contributed by atoms with E-state index < -0.39 is 10.0 Å². The fourth-order valence-corrected chi connectivity index (χ4v) is 2.93. The number of guanidine groups is 1. The zero-order valence-electron chi connectivity index (χ0n) is 15.4. The normalized spacial score (nSPS) is 11.4. The minimum Gasteiger partial charge on any atom is -0.457 e. The Hall–Kier alpha value is -2.63. The highest BCUT2D eigenvalue weighted by Gasteiger charge is 2.06. The molecule has 0 saturated heterocycles. The van der Waals surface area contributed by atoms with Crippen LogP contribution in [0.3, 0.4) is 0 Å². The zero-order chi connectivity index (χ0) is 20.0. The highest BCUT2D eigenvalue weighted by atomic mass is 127. The number of ether oxygens (including phenoxy) is 1. The van der Waals surface area contributed by atoms with Crippen LogP contribution >= 0.6 is 24.0 Å². The largest absolute Gasteiger partial charge is 0.457 e. The van der Waals surface area contributed by atoms with Crippen LogP contribution in [0.4, 0.5) is 5.69 Å². The molecule has 152 valence electrons. The predicted molar refractivity (Wildman–Crippen MR) is 125 cm³/mol. The SMILES string of the molecule is I.NC(=NCc1ccc(S(N)(=O)=O)cc1)Nc1cccc(Oc2ccccc2)c1. The summed E-state index contributed by atoms with van der Waals surface area (Å²) in [5.41, 5.74) is 7.48. The number of benzene rings is 3. The van der Waals surface area contributed by atoms with Gasteiger partial charge in [0.1, 0.15) is 11.5 Å². The summed E-state index contributed by atoms with van der Waals surface area (Å²) in [6.45, 7) is 0.296. The summed E-state index contributed by atoms with van der Waals surface area (Å²) in [5, 5.41) is 8.09. The van der Waals surface area contributed by atoms with Gasteiger partial charge in [0.2, 0.25) is 10.0 Å². The molecule has 5 N–H and O–H groups in total. The standard InChI is InChI=1S/C20H20N4O3S.HI/c21-20(23-14-15-9-11-19(12-10-15)28(22,25)26)24-16-5-4-8-18(13-16)27-17-6-2-1-3-7-17;/h1-13H,14H2,(H3,21,23,24)(H2,22,25,26);1H. The molecule has 0 atom stereocenters. The van der Waals surface area contributed by atoms with Gasteiger partial charge in [-0.05, 0) is 42.0 Å². The van der Waals surface area contributed by atoms with E-state index in [1.165, 1.54) is 12.1 Å². The number of nitrogens with zero attached hydrogens (tertiary/aromatic N) is 1. The quantitative estimate of drug-likeness (QED) is 0.258. The van der Waals surface area contributed by atoms with Crippen molar-refractivity contribution >= 4 is 45.6 Å². The Bertz CT molecular complexity index is 1070. The molecular formula is C20H21IN4O3S. The number of para-hydroxylation sites is 1. The lowest BCUT2D eigenvalue weighted by atomic mass is 10.2. The predicted octanol–water partition coefficient (Wildman–Crippen LogP) is 3.67. The van der Waals surface area contributed by atoms with Crippen molar-refractivity contribution in [2.45, 2.75) is 11.4 Å². The van der Waals surface area contributed by atoms with Gasteiger partial charge in [0.25, 0.3) is 0 Å². The fourth-order valence-electron chi connectivity index (χ4n) is 2.41. The maximum atomic E-state index is 11.3. The van der Waals surface area contributed by atoms with Crippen molar-refractivity contribution in [3.05, 3.63) is 84.4 Å². The van der Waals surface area contributed by atoms with Crippen LogP contribution in [0.2, 0.25) is 0 Å². The number of halogens is 1. The molecule has 0 unspecified atom stereocenters. The number of sulfonamides is 1. The molecule has 0 radical (unpaired) electrons. The lowest BCUT2D eigenvalue weighted by Gasteiger charge is -2.09. The highest BCUT2D eigenvalue weighted by molar-refractivity contribution is 14.0. The molecule has 0 saturated carbocycles. The summed E-state index contributed by atoms with van der Waals surface area (Å²) in [5.74, 6) is 1.64. The van der Waals surface area contributed by atoms with Crippen LogP contribution in [0, 0.1) is 0 Å². The van der Waals surface area contributed by atoms with E-state index in [2.05, 4.69) is 10.3 Å². The maximum absolute atomic E-state index is 11.3. The van der Waals surface area contributed by atoms with Crippen LogP contribution in [0.5, 0.6) is 11.5 Å². The van der Waals surface area contributed by atoms with E-state index >= 15 is 0 Å². The van der Waals surface area contributed by atoms with Crippen molar-refractivity contribution in [2.24, 2.45) is 15.9 Å². The van der Waals surface area contributed by atoms with Gasteiger partial charge in [0.15, 0.2) is 5.96 Å². The minimum atomic E-state index is -3.70. The smallest absolute Gasteiger partial charge is 0.238 e. The van der Waals surface area contributed by atoms with Crippen LogP contribution in [-0.2, 0) is 16.6 Å². The number of primary sulfonamides is 1. The minimum absolute atomic E-state index is 0. The zero-order valence-corrected chi connectivity index (χ0v) is 18.5. The van der Waals surface area contributed by atoms with Crippen molar-refractivity contribution in [2.75, 3.05) is 5.32 Å². The molecule has 3 aromatic carbocycles. The van der Waals surface area contributed by atoms with Crippen molar-refractivity contribution < 1.29 is 13.2 Å². The molecule has 0 aromatic heterocycles. The van der Waals surface area contributed by atoms with Gasteiger partial charge in [-0.1, -0.05) is 36.4 Å². The average molecular weight is 524 g/mol. The Morgan fingerprint density at radius 1 is 0.931 bits per heavy atom. The number of aliphatic imine (C=N–C) groups is 1. The fraction of sp³-hybridized carbons (Fsp3) is 0.0500. The molecule has 0 fully saturated rings. The Morgan fingerprint density at radius 2 is 1.59 bits per heavy atom. The van der Waals surface area contributed by atoms with E-state index in [0.29, 0.717) is 12.3 Å². The summed E-state index contributed by atoms with van der Waals surface area (Å²) in [6.07, 6.45) is 0. The summed E-state index contributed by atoms with van der Waals surface area (Å²) in [6, 6.07) is 23.0. The van der Waals surface area contributed by atoms with Crippen molar-refractivity contribution in [3.63, 3.8) is 0 Å². The molecule has 0 aliphatic heterocycles. The summed E-state index contributed by atoms with van der Waals surface area (Å²) in [4.78, 5) is 4.31. The molecule has 3 aromatic rings. The summed E-state index contributed by atoms with van der Waals surface area (Å²) in [7, 11) is -3.70. The molecule has 0 amide bonds. The molecule has 0 heterocycles. The number of hydrogen-bond acceptors (Lipinski definition) is 4. The summed E-state index contributed by atoms with van der Waals surface area (Å²) >= 11 is 0. The topological polar surface area (TPSA) is 120 Å². The molecule has 3 rings (SSSR count). The second-order valence-electron chi connectivity index (χ2n) is 5.96. The average Bonchev–Trinajstić information content (AvgIpc) is 2.67. The first-order valence-electron chi connectivity index (χ1n) is 8.42. The van der Waals surface area contributed by atoms with E-state index in [1.54, 1.807) is 12.1 Å². The number of hydrogen-bond donors (Lipinski definition) is 3. The van der Waals surface area contributed by atoms with Gasteiger partial charge in [-0.3, -0.25) is 0 Å². The molecule has 0 bridgehead atoms. The molecule has 0 aliphatic carbocycles. The van der Waals surface area contributed by atoms with Gasteiger partial charge < -0.3 is 15.8 Å². The molecular weight excluding hydrogens is 503 g/mol. The molecule has 29 heavy (non-hydrogen) atoms. The van der Waals surface area contributed by atoms with Crippen molar-refractivity contribution in [1.29, 1.82) is 0 Å². The lowest BCUT2D eigenvalue weighted by molar-refractivity contribution is 0.483. The number of anilines is 1. The van der Waals surface area contributed by atoms with E-state index in [0.717, 1.165) is 17.0 Å². The van der Waals surface area contributed by atoms with Gasteiger partial charge >= 0.3 is 0 Å². The highest BCUT2D eigenvalue weighted by Crippen LogP contribution is 2.23. The maximum Gasteiger partial charge on any atom is 0.238 e. The molecule has 0 aliphatic rings. The number of nitrogens with two attached hydrogens (primary N) is 2. The van der Waals surface area contributed by atoms with Crippen LogP contribution in [-0.4, -0.2) is 14.4 Å². The first-order valence-corrected chi connectivity index (χ1v) is 9.96. The van der Waals surface area contributed by atoms with E-state index in [1.807, 2.05) is 54.6 Å². The number of nitrogens with one attached hydrogen (secondary N) is 1. The molecule has 9 heteroatoms. The molecule has 7 nitrogen and oxygen atoms in total. The van der Waals surface area contributed by atoms with E-state index in [9.17, 15) is 8.42 Å². The Balaban J connectivity index is 0.00000300. The van der Waals surface area contributed by atoms with Crippen molar-refractivity contribution in [1.82, 2.24) is 0 Å². The third kappa shape index (κ3) is 7.04. The van der Waals surface area contributed by atoms with E-state index in [-0.39, 0.29) is 34.8 Å². The first kappa shape index (κ1) is 22.7. The van der Waals surface area contributed by atoms with Gasteiger partial charge in [-0.2, -0.15) is 0 Å². The monoisotopic (exact) mass is 524 g/mol. The third-order valence-electron chi connectivity index (χ3n) is 3.77. The Morgan fingerprint density at radius 3 is 2.24 bits per heavy atom. The second kappa shape index (κ2) is 10.2. The van der Waals surface area contributed by atoms with Crippen LogP contribution in [0.25, 0.3) is 0 Å². The van der Waals surface area contributed by atoms with Gasteiger partial charge in [0.05, 0.1) is 11.4 Å². The van der Waals surface area contributed by atoms with Crippen LogP contribution in [0.1, 0.15) is 5.56 Å². The second-order valence-corrected chi connectivity index (χ2v) is 7.52. The third-order valence-corrected chi connectivity index (χ3v) is 4.70. The first-order chi connectivity index (χ1) is 13.4. The van der Waals surface area contributed by atoms with Crippen molar-refractivity contribution in [3.8, 4) is 11.5 Å². The Labute approximate surface area is 186 Å². The van der Waals surface area contributed by atoms with Gasteiger partial charge in [-0.25, -0.2) is 18.5 Å². The van der Waals surface area contributed by atoms with Crippen LogP contribution in [0.15, 0.2) is 88.8 Å². The van der Waals surface area contributed by atoms with Gasteiger partial charge in [-0.15, -0.1) is 24.0 Å². The summed E-state index contributed by atoms with van der Waals surface area (Å²) < 4.78 is 28.3. The lowest BCUT2D eigenvalue weighted by Crippen LogP contribution is -2.22. The van der Waals surface area contributed by atoms with E-state index in [4.69, 9.17) is 15.6 Å². The molecule has 0 spiro atoms. The van der Waals surface area contributed by atoms with Gasteiger partial charge in [0, 0.05) is 11.8 Å². The van der Waals surface area contributed by atoms with Crippen LogP contribution < -0.4 is 20.9 Å². The Kier molecular flexibility index (Phi) is 8.00.